The van der Waals surface area contributed by atoms with Crippen LogP contribution < -0.4 is 0 Å². The number of hydrogen-bond donors (Lipinski definition) is 0. The third-order valence-electron chi connectivity index (χ3n) is 2.23. The van der Waals surface area contributed by atoms with Gasteiger partial charge in [0.25, 0.3) is 0 Å². The Bertz CT molecular complexity index is 161. The van der Waals surface area contributed by atoms with Crippen molar-refractivity contribution >= 4 is 9.47 Å². The zero-order chi connectivity index (χ0) is 9.84. The standard InChI is InChI=1S/C7H14F2NO2P/c1-10-3-6(12-7(8)9)2-5(10)4-11-13/h5-7H,2-4,13H2,1H3. The highest BCUT2D eigenvalue weighted by atomic mass is 31.0. The van der Waals surface area contributed by atoms with Gasteiger partial charge in [0, 0.05) is 22.1 Å². The van der Waals surface area contributed by atoms with E-state index < -0.39 is 6.61 Å². The lowest BCUT2D eigenvalue weighted by atomic mass is 10.2. The molecule has 0 amide bonds. The van der Waals surface area contributed by atoms with Gasteiger partial charge in [0.15, 0.2) is 0 Å². The van der Waals surface area contributed by atoms with E-state index in [0.717, 1.165) is 0 Å². The van der Waals surface area contributed by atoms with E-state index in [4.69, 9.17) is 4.52 Å². The molecule has 0 aromatic carbocycles. The van der Waals surface area contributed by atoms with E-state index in [1.54, 1.807) is 0 Å². The molecule has 13 heavy (non-hydrogen) atoms. The maximum atomic E-state index is 11.9. The summed E-state index contributed by atoms with van der Waals surface area (Å²) in [7, 11) is 4.03. The van der Waals surface area contributed by atoms with Crippen LogP contribution in [0, 0.1) is 0 Å². The summed E-state index contributed by atoms with van der Waals surface area (Å²) in [5.41, 5.74) is 0. The van der Waals surface area contributed by atoms with Crippen LogP contribution in [0.1, 0.15) is 6.42 Å². The lowest BCUT2D eigenvalue weighted by Crippen LogP contribution is -2.28. The molecule has 3 atom stereocenters. The van der Waals surface area contributed by atoms with Crippen molar-refractivity contribution in [3.8, 4) is 0 Å². The molecule has 0 radical (unpaired) electrons. The van der Waals surface area contributed by atoms with Gasteiger partial charge in [-0.25, -0.2) is 0 Å². The summed E-state index contributed by atoms with van der Waals surface area (Å²) in [6.07, 6.45) is 0.241. The molecule has 3 unspecified atom stereocenters. The van der Waals surface area contributed by atoms with E-state index in [2.05, 4.69) is 14.2 Å². The second-order valence-corrected chi connectivity index (χ2v) is 3.51. The summed E-state index contributed by atoms with van der Waals surface area (Å²) in [4.78, 5) is 1.97. The Kier molecular flexibility index (Phi) is 4.46. The number of alkyl halides is 2. The average molecular weight is 213 g/mol. The highest BCUT2D eigenvalue weighted by Crippen LogP contribution is 2.21. The zero-order valence-electron chi connectivity index (χ0n) is 7.45. The first kappa shape index (κ1) is 11.2. The number of likely N-dealkylation sites (N-methyl/N-ethyl adjacent to an activating group) is 1. The molecule has 0 spiro atoms. The number of nitrogens with zero attached hydrogens (tertiary/aromatic N) is 1. The predicted molar refractivity (Wildman–Crippen MR) is 47.6 cm³/mol. The number of hydrogen-bond acceptors (Lipinski definition) is 3. The van der Waals surface area contributed by atoms with Crippen LogP contribution >= 0.6 is 9.47 Å². The van der Waals surface area contributed by atoms with Crippen LogP contribution in [0.2, 0.25) is 0 Å². The largest absolute Gasteiger partial charge is 0.364 e. The first-order valence-electron chi connectivity index (χ1n) is 4.09. The van der Waals surface area contributed by atoms with Gasteiger partial charge >= 0.3 is 6.61 Å². The lowest BCUT2D eigenvalue weighted by molar-refractivity contribution is -0.158. The Balaban J connectivity index is 2.31. The normalized spacial score (nSPS) is 30.2. The molecule has 3 nitrogen and oxygen atoms in total. The van der Waals surface area contributed by atoms with Crippen molar-refractivity contribution in [2.24, 2.45) is 0 Å². The van der Waals surface area contributed by atoms with Gasteiger partial charge in [-0.2, -0.15) is 8.78 Å². The molecule has 1 saturated heterocycles. The van der Waals surface area contributed by atoms with Crippen LogP contribution in [0.15, 0.2) is 0 Å². The maximum absolute atomic E-state index is 11.9. The Hall–Kier alpha value is 0.170. The van der Waals surface area contributed by atoms with Crippen LogP contribution in [0.25, 0.3) is 0 Å². The smallest absolute Gasteiger partial charge is 0.345 e. The minimum atomic E-state index is -2.67. The summed E-state index contributed by atoms with van der Waals surface area (Å²) < 4.78 is 33.0. The molecule has 0 aromatic rings. The van der Waals surface area contributed by atoms with Crippen LogP contribution in [0.3, 0.4) is 0 Å². The van der Waals surface area contributed by atoms with Gasteiger partial charge in [0.05, 0.1) is 12.7 Å². The highest BCUT2D eigenvalue weighted by molar-refractivity contribution is 7.09. The quantitative estimate of drug-likeness (QED) is 0.653. The maximum Gasteiger partial charge on any atom is 0.345 e. The third-order valence-corrected chi connectivity index (χ3v) is 2.43. The molecule has 1 heterocycles. The van der Waals surface area contributed by atoms with Gasteiger partial charge in [-0.15, -0.1) is 0 Å². The van der Waals surface area contributed by atoms with Crippen molar-refractivity contribution in [1.82, 2.24) is 4.90 Å². The fourth-order valence-corrected chi connectivity index (χ4v) is 1.80. The Morgan fingerprint density at radius 2 is 2.31 bits per heavy atom. The molecule has 78 valence electrons. The van der Waals surface area contributed by atoms with E-state index >= 15 is 0 Å². The monoisotopic (exact) mass is 213 g/mol. The molecule has 0 aliphatic carbocycles. The number of likely N-dealkylation sites (tertiary alicyclic amines) is 1. The fourth-order valence-electron chi connectivity index (χ4n) is 1.58. The van der Waals surface area contributed by atoms with Crippen molar-refractivity contribution in [3.05, 3.63) is 0 Å². The topological polar surface area (TPSA) is 21.7 Å². The molecule has 0 bridgehead atoms. The van der Waals surface area contributed by atoms with Crippen molar-refractivity contribution in [2.75, 3.05) is 20.2 Å². The molecule has 6 heteroatoms. The molecular weight excluding hydrogens is 199 g/mol. The fraction of sp³-hybridized carbons (Fsp3) is 1.00. The van der Waals surface area contributed by atoms with Gasteiger partial charge in [0.1, 0.15) is 0 Å². The Morgan fingerprint density at radius 3 is 2.85 bits per heavy atom. The summed E-state index contributed by atoms with van der Waals surface area (Å²) in [5.74, 6) is 0. The molecule has 0 aromatic heterocycles. The highest BCUT2D eigenvalue weighted by Gasteiger charge is 2.31. The van der Waals surface area contributed by atoms with E-state index in [0.29, 0.717) is 19.6 Å². The van der Waals surface area contributed by atoms with Gasteiger partial charge < -0.3 is 9.26 Å². The van der Waals surface area contributed by atoms with Crippen molar-refractivity contribution < 1.29 is 18.0 Å². The Morgan fingerprint density at radius 1 is 1.62 bits per heavy atom. The van der Waals surface area contributed by atoms with Gasteiger partial charge in [-0.05, 0) is 13.5 Å². The van der Waals surface area contributed by atoms with Gasteiger partial charge in [-0.3, -0.25) is 4.90 Å². The summed E-state index contributed by atoms with van der Waals surface area (Å²) in [5, 5.41) is 0. The molecule has 1 aliphatic rings. The number of rotatable bonds is 4. The van der Waals surface area contributed by atoms with Crippen LogP contribution in [-0.2, 0) is 9.26 Å². The first-order valence-corrected chi connectivity index (χ1v) is 4.56. The molecular formula is C7H14F2NO2P. The van der Waals surface area contributed by atoms with Crippen LogP contribution in [-0.4, -0.2) is 43.9 Å². The number of ether oxygens (including phenoxy) is 1. The molecule has 1 aliphatic heterocycles. The van der Waals surface area contributed by atoms with E-state index in [9.17, 15) is 8.78 Å². The summed E-state index contributed by atoms with van der Waals surface area (Å²) >= 11 is 0. The lowest BCUT2D eigenvalue weighted by Gasteiger charge is -2.16. The Labute approximate surface area is 78.7 Å². The molecule has 0 saturated carbocycles. The van der Waals surface area contributed by atoms with E-state index in [-0.39, 0.29) is 12.1 Å². The van der Waals surface area contributed by atoms with Gasteiger partial charge in [0.2, 0.25) is 0 Å². The molecule has 1 rings (SSSR count). The molecule has 0 N–H and O–H groups in total. The minimum absolute atomic E-state index is 0.182. The van der Waals surface area contributed by atoms with Crippen LogP contribution in [0.4, 0.5) is 8.78 Å². The van der Waals surface area contributed by atoms with E-state index in [1.807, 2.05) is 11.9 Å². The third kappa shape index (κ3) is 3.43. The zero-order valence-corrected chi connectivity index (χ0v) is 8.61. The van der Waals surface area contributed by atoms with Crippen molar-refractivity contribution in [1.29, 1.82) is 0 Å². The second-order valence-electron chi connectivity index (χ2n) is 3.18. The van der Waals surface area contributed by atoms with E-state index in [1.165, 1.54) is 0 Å². The van der Waals surface area contributed by atoms with Crippen molar-refractivity contribution in [3.63, 3.8) is 0 Å². The summed E-state index contributed by atoms with van der Waals surface area (Å²) in [6.45, 7) is -1.60. The van der Waals surface area contributed by atoms with Crippen LogP contribution in [0.5, 0.6) is 0 Å². The second kappa shape index (κ2) is 5.15. The predicted octanol–water partition coefficient (Wildman–Crippen LogP) is 1.10. The molecule has 1 fully saturated rings. The first-order chi connectivity index (χ1) is 6.13. The SMILES string of the molecule is CN1CC(OC(F)F)CC1COP. The number of halogens is 2. The average Bonchev–Trinajstić information content (AvgIpc) is 2.31. The van der Waals surface area contributed by atoms with Gasteiger partial charge in [-0.1, -0.05) is 0 Å². The minimum Gasteiger partial charge on any atom is -0.364 e. The van der Waals surface area contributed by atoms with Crippen molar-refractivity contribution in [2.45, 2.75) is 25.2 Å². The summed E-state index contributed by atoms with van der Waals surface area (Å²) in [6, 6.07) is 0.182.